The minimum atomic E-state index is -0.672. The number of nitrogens with zero attached hydrogens (tertiary/aromatic N) is 5. The van der Waals surface area contributed by atoms with Crippen LogP contribution < -0.4 is 20.7 Å². The van der Waals surface area contributed by atoms with Gasteiger partial charge in [0.25, 0.3) is 0 Å². The number of nitriles is 1. The number of alkyl carbamates (subject to hydrolysis) is 1. The fourth-order valence-electron chi connectivity index (χ4n) is 4.09. The molecule has 39 heavy (non-hydrogen) atoms. The van der Waals surface area contributed by atoms with E-state index < -0.39 is 17.5 Å². The molecule has 1 amide bonds. The van der Waals surface area contributed by atoms with Gasteiger partial charge in [-0.2, -0.15) is 10.4 Å². The summed E-state index contributed by atoms with van der Waals surface area (Å²) < 4.78 is 27.7. The van der Waals surface area contributed by atoms with Gasteiger partial charge in [-0.05, 0) is 71.6 Å². The van der Waals surface area contributed by atoms with Crippen molar-refractivity contribution in [2.24, 2.45) is 5.92 Å². The number of ether oxygens (including phenoxy) is 2. The third-order valence-electron chi connectivity index (χ3n) is 5.94. The first kappa shape index (κ1) is 27.6. The molecule has 1 aliphatic rings. The number of anilines is 3. The first-order valence-electron chi connectivity index (χ1n) is 12.8. The molecule has 2 atom stereocenters. The van der Waals surface area contributed by atoms with Gasteiger partial charge in [-0.15, -0.1) is 0 Å². The van der Waals surface area contributed by atoms with Gasteiger partial charge in [-0.3, -0.25) is 0 Å². The highest BCUT2D eigenvalue weighted by Gasteiger charge is 2.37. The van der Waals surface area contributed by atoms with Crippen molar-refractivity contribution in [3.05, 3.63) is 48.2 Å². The van der Waals surface area contributed by atoms with Crippen molar-refractivity contribution in [3.63, 3.8) is 0 Å². The molecule has 3 N–H and O–H groups in total. The number of carbonyl (C=O) groups is 1. The fourth-order valence-corrected chi connectivity index (χ4v) is 4.09. The molecule has 11 nitrogen and oxygen atoms in total. The average molecular weight is 537 g/mol. The molecule has 1 fully saturated rings. The lowest BCUT2D eigenvalue weighted by molar-refractivity contribution is 0.0501. The normalized spacial score (nSPS) is 14.6. The first-order chi connectivity index (χ1) is 18.6. The van der Waals surface area contributed by atoms with Gasteiger partial charge >= 0.3 is 6.09 Å². The molecule has 0 radical (unpaired) electrons. The van der Waals surface area contributed by atoms with Gasteiger partial charge in [0.15, 0.2) is 17.5 Å². The van der Waals surface area contributed by atoms with Gasteiger partial charge in [-0.1, -0.05) is 0 Å². The van der Waals surface area contributed by atoms with Crippen LogP contribution in [0, 0.1) is 23.1 Å². The molecule has 4 rings (SSSR count). The Kier molecular flexibility index (Phi) is 8.18. The van der Waals surface area contributed by atoms with E-state index in [2.05, 4.69) is 31.0 Å². The Labute approximate surface area is 226 Å². The summed E-state index contributed by atoms with van der Waals surface area (Å²) in [5.74, 6) is 0.0725. The van der Waals surface area contributed by atoms with Crippen molar-refractivity contribution in [1.82, 2.24) is 25.1 Å². The zero-order valence-electron chi connectivity index (χ0n) is 22.7. The second-order valence-corrected chi connectivity index (χ2v) is 10.3. The Balaban J connectivity index is 1.58. The van der Waals surface area contributed by atoms with Crippen LogP contribution in [0.2, 0.25) is 0 Å². The average Bonchev–Trinajstić information content (AvgIpc) is 3.55. The van der Waals surface area contributed by atoms with Crippen LogP contribution in [0.3, 0.4) is 0 Å². The number of hydrogen-bond acceptors (Lipinski definition) is 9. The van der Waals surface area contributed by atoms with Gasteiger partial charge in [0.1, 0.15) is 17.4 Å². The summed E-state index contributed by atoms with van der Waals surface area (Å²) in [5.41, 5.74) is 0.474. The van der Waals surface area contributed by atoms with E-state index in [1.165, 1.54) is 6.20 Å². The molecule has 0 bridgehead atoms. The van der Waals surface area contributed by atoms with Gasteiger partial charge in [0.2, 0.25) is 5.88 Å². The topological polar surface area (TPSA) is 139 Å². The van der Waals surface area contributed by atoms with Crippen molar-refractivity contribution < 1.29 is 18.7 Å². The van der Waals surface area contributed by atoms with Crippen LogP contribution in [0.25, 0.3) is 5.69 Å². The Morgan fingerprint density at radius 1 is 1.31 bits per heavy atom. The van der Waals surface area contributed by atoms with E-state index in [1.54, 1.807) is 50.0 Å². The molecule has 3 aromatic rings. The SMILES string of the molecule is CCOc1ncc(Nc2nc(N[C@H](C3CC3)[C@H](C)NC(=O)OC(C)(C)C)c(F)cc2C#N)cc1-n1cccn1. The van der Waals surface area contributed by atoms with Gasteiger partial charge < -0.3 is 25.4 Å². The van der Waals surface area contributed by atoms with Crippen LogP contribution in [0.5, 0.6) is 5.88 Å². The van der Waals surface area contributed by atoms with Crippen LogP contribution in [0.4, 0.5) is 26.5 Å². The molecule has 0 aliphatic heterocycles. The van der Waals surface area contributed by atoms with E-state index in [-0.39, 0.29) is 35.2 Å². The second-order valence-electron chi connectivity index (χ2n) is 10.3. The summed E-state index contributed by atoms with van der Waals surface area (Å²) in [4.78, 5) is 21.1. The maximum absolute atomic E-state index is 15.1. The van der Waals surface area contributed by atoms with Gasteiger partial charge in [0.05, 0.1) is 30.1 Å². The van der Waals surface area contributed by atoms with Crippen LogP contribution in [0.1, 0.15) is 53.0 Å². The van der Waals surface area contributed by atoms with E-state index in [0.29, 0.717) is 23.9 Å². The van der Waals surface area contributed by atoms with Crippen molar-refractivity contribution >= 4 is 23.4 Å². The molecule has 0 saturated heterocycles. The van der Waals surface area contributed by atoms with Crippen molar-refractivity contribution in [2.75, 3.05) is 17.2 Å². The molecule has 0 aromatic carbocycles. The van der Waals surface area contributed by atoms with Crippen LogP contribution in [-0.4, -0.2) is 50.1 Å². The lowest BCUT2D eigenvalue weighted by Crippen LogP contribution is -2.47. The number of carbonyl (C=O) groups excluding carboxylic acids is 1. The smallest absolute Gasteiger partial charge is 0.407 e. The summed E-state index contributed by atoms with van der Waals surface area (Å²) in [6.45, 7) is 9.48. The summed E-state index contributed by atoms with van der Waals surface area (Å²) in [7, 11) is 0. The van der Waals surface area contributed by atoms with Crippen LogP contribution in [0.15, 0.2) is 36.8 Å². The highest BCUT2D eigenvalue weighted by molar-refractivity contribution is 5.69. The fraction of sp³-hybridized carbons (Fsp3) is 0.444. The Morgan fingerprint density at radius 2 is 2.08 bits per heavy atom. The maximum atomic E-state index is 15.1. The van der Waals surface area contributed by atoms with E-state index in [1.807, 2.05) is 19.9 Å². The molecule has 3 heterocycles. The van der Waals surface area contributed by atoms with Crippen LogP contribution >= 0.6 is 0 Å². The largest absolute Gasteiger partial charge is 0.476 e. The van der Waals surface area contributed by atoms with E-state index in [9.17, 15) is 10.1 Å². The Bertz CT molecular complexity index is 1350. The standard InChI is InChI=1S/C27H33FN8O3/c1-6-38-25-21(36-11-7-10-31-36)13-19(15-30-25)33-23-18(14-29)12-20(28)24(35-23)34-22(17-8-9-17)16(2)32-26(37)39-27(3,4)5/h7,10-13,15-17,22H,6,8-9H2,1-5H3,(H,32,37)(H2,33,34,35)/t16-,22-/m0/s1. The molecule has 0 unspecified atom stereocenters. The predicted octanol–water partition coefficient (Wildman–Crippen LogP) is 4.92. The molecular weight excluding hydrogens is 503 g/mol. The van der Waals surface area contributed by atoms with Crippen molar-refractivity contribution in [2.45, 2.75) is 65.1 Å². The lowest BCUT2D eigenvalue weighted by Gasteiger charge is -2.28. The second kappa shape index (κ2) is 11.6. The van der Waals surface area contributed by atoms with E-state index >= 15 is 4.39 Å². The highest BCUT2D eigenvalue weighted by atomic mass is 19.1. The third-order valence-corrected chi connectivity index (χ3v) is 5.94. The first-order valence-corrected chi connectivity index (χ1v) is 12.8. The summed E-state index contributed by atoms with van der Waals surface area (Å²) in [6, 6.07) is 5.99. The molecule has 1 saturated carbocycles. The van der Waals surface area contributed by atoms with Crippen molar-refractivity contribution in [1.29, 1.82) is 5.26 Å². The lowest BCUT2D eigenvalue weighted by atomic mass is 10.0. The minimum Gasteiger partial charge on any atom is -0.476 e. The Hall–Kier alpha value is -4.40. The monoisotopic (exact) mass is 536 g/mol. The Morgan fingerprint density at radius 3 is 2.69 bits per heavy atom. The van der Waals surface area contributed by atoms with E-state index in [4.69, 9.17) is 9.47 Å². The third kappa shape index (κ3) is 7.13. The zero-order valence-corrected chi connectivity index (χ0v) is 22.7. The number of pyridine rings is 2. The predicted molar refractivity (Wildman–Crippen MR) is 144 cm³/mol. The number of halogens is 1. The molecule has 206 valence electrons. The molecule has 0 spiro atoms. The van der Waals surface area contributed by atoms with Crippen LogP contribution in [-0.2, 0) is 4.74 Å². The number of amides is 1. The molecule has 1 aliphatic carbocycles. The molecular formula is C27H33FN8O3. The van der Waals surface area contributed by atoms with Crippen molar-refractivity contribution in [3.8, 4) is 17.6 Å². The maximum Gasteiger partial charge on any atom is 0.407 e. The number of nitrogens with one attached hydrogen (secondary N) is 3. The van der Waals surface area contributed by atoms with E-state index in [0.717, 1.165) is 18.9 Å². The van der Waals surface area contributed by atoms with Gasteiger partial charge in [-0.25, -0.2) is 23.8 Å². The summed E-state index contributed by atoms with van der Waals surface area (Å²) in [6.07, 6.45) is 6.26. The molecule has 12 heteroatoms. The highest BCUT2D eigenvalue weighted by Crippen LogP contribution is 2.36. The number of rotatable bonds is 10. The summed E-state index contributed by atoms with van der Waals surface area (Å²) in [5, 5.41) is 23.0. The number of aromatic nitrogens is 4. The quantitative estimate of drug-likeness (QED) is 0.329. The van der Waals surface area contributed by atoms with Gasteiger partial charge in [0, 0.05) is 18.4 Å². The molecule has 3 aromatic heterocycles. The summed E-state index contributed by atoms with van der Waals surface area (Å²) >= 11 is 0. The number of hydrogen-bond donors (Lipinski definition) is 3. The zero-order chi connectivity index (χ0) is 28.2. The minimum absolute atomic E-state index is 0.0236.